The average molecular weight is 440 g/mol. The lowest BCUT2D eigenvalue weighted by atomic mass is 10.0. The summed E-state index contributed by atoms with van der Waals surface area (Å²) in [6.07, 6.45) is 1.56. The molecule has 28 heavy (non-hydrogen) atoms. The fourth-order valence-electron chi connectivity index (χ4n) is 2.88. The number of hydrogen-bond donors (Lipinski definition) is 1. The lowest BCUT2D eigenvalue weighted by Gasteiger charge is -2.13. The van der Waals surface area contributed by atoms with Gasteiger partial charge in [-0.25, -0.2) is 9.67 Å². The highest BCUT2D eigenvalue weighted by Gasteiger charge is 2.16. The fraction of sp³-hybridized carbons (Fsp3) is 0.250. The number of fused-ring (bicyclic) bond motifs is 1. The molecule has 0 bridgehead atoms. The van der Waals surface area contributed by atoms with Crippen molar-refractivity contribution < 1.29 is 4.79 Å². The quantitative estimate of drug-likeness (QED) is 0.670. The first-order valence-corrected chi connectivity index (χ1v) is 9.46. The van der Waals surface area contributed by atoms with Gasteiger partial charge in [-0.05, 0) is 42.7 Å². The second-order valence-corrected chi connectivity index (χ2v) is 7.68. The molecule has 1 aromatic carbocycles. The summed E-state index contributed by atoms with van der Waals surface area (Å²) in [5.74, 6) is -0.246. The van der Waals surface area contributed by atoms with Crippen LogP contribution in [0.1, 0.15) is 36.6 Å². The van der Waals surface area contributed by atoms with Gasteiger partial charge < -0.3 is 5.32 Å². The number of benzene rings is 1. The zero-order valence-electron chi connectivity index (χ0n) is 15.7. The Morgan fingerprint density at radius 3 is 2.75 bits per heavy atom. The van der Waals surface area contributed by atoms with Crippen LogP contribution in [0.2, 0.25) is 0 Å². The molecule has 142 valence electrons. The normalized spacial score (nSPS) is 10.9. The smallest absolute Gasteiger partial charge is 0.275 e. The molecule has 3 rings (SSSR count). The summed E-state index contributed by atoms with van der Waals surface area (Å²) in [6, 6.07) is 9.01. The maximum Gasteiger partial charge on any atom is 0.275 e. The fourth-order valence-corrected chi connectivity index (χ4v) is 3.24. The van der Waals surface area contributed by atoms with E-state index in [4.69, 9.17) is 0 Å². The van der Waals surface area contributed by atoms with Gasteiger partial charge in [-0.3, -0.25) is 9.59 Å². The van der Waals surface area contributed by atoms with Crippen molar-refractivity contribution in [1.29, 1.82) is 5.26 Å². The largest absolute Gasteiger partial charge is 0.308 e. The van der Waals surface area contributed by atoms with E-state index in [0.29, 0.717) is 5.39 Å². The molecule has 1 N–H and O–H groups in total. The number of amides is 1. The standard InChI is InChI=1S/C20H18BrN5O2/c1-11(2)18-16-7-14(21)4-5-15(16)20(28)26(25-18)10-17(27)24-19-13(8-22)6-12(3)9-23-19/h4-7,9,11H,10H2,1-3H3,(H,23,24,27). The highest BCUT2D eigenvalue weighted by atomic mass is 79.9. The van der Waals surface area contributed by atoms with E-state index < -0.39 is 5.91 Å². The number of pyridine rings is 1. The van der Waals surface area contributed by atoms with E-state index in [1.54, 1.807) is 24.4 Å². The van der Waals surface area contributed by atoms with Gasteiger partial charge in [0.1, 0.15) is 12.6 Å². The minimum Gasteiger partial charge on any atom is -0.308 e. The Kier molecular flexibility index (Phi) is 5.56. The van der Waals surface area contributed by atoms with Gasteiger partial charge in [-0.15, -0.1) is 0 Å². The first-order chi connectivity index (χ1) is 13.3. The average Bonchev–Trinajstić information content (AvgIpc) is 2.65. The Bertz CT molecular complexity index is 1180. The van der Waals surface area contributed by atoms with Crippen LogP contribution in [-0.4, -0.2) is 20.7 Å². The predicted octanol–water partition coefficient (Wildman–Crippen LogP) is 3.50. The van der Waals surface area contributed by atoms with Crippen LogP contribution in [-0.2, 0) is 11.3 Å². The molecule has 0 saturated carbocycles. The van der Waals surface area contributed by atoms with Crippen LogP contribution in [0.15, 0.2) is 39.7 Å². The third kappa shape index (κ3) is 3.94. The zero-order valence-corrected chi connectivity index (χ0v) is 17.2. The topological polar surface area (TPSA) is 101 Å². The molecule has 3 aromatic rings. The predicted molar refractivity (Wildman–Crippen MR) is 110 cm³/mol. The van der Waals surface area contributed by atoms with E-state index in [2.05, 4.69) is 31.3 Å². The number of anilines is 1. The molecule has 0 saturated heterocycles. The second-order valence-electron chi connectivity index (χ2n) is 6.76. The molecule has 0 fully saturated rings. The van der Waals surface area contributed by atoms with Crippen LogP contribution in [0.5, 0.6) is 0 Å². The van der Waals surface area contributed by atoms with Gasteiger partial charge >= 0.3 is 0 Å². The summed E-state index contributed by atoms with van der Waals surface area (Å²) < 4.78 is 2.01. The molecule has 0 aliphatic heterocycles. The van der Waals surface area contributed by atoms with Gasteiger partial charge in [0.05, 0.1) is 16.6 Å². The number of carbonyl (C=O) groups excluding carboxylic acids is 1. The summed E-state index contributed by atoms with van der Waals surface area (Å²) >= 11 is 3.42. The Balaban J connectivity index is 1.97. The number of carbonyl (C=O) groups is 1. The van der Waals surface area contributed by atoms with Crippen LogP contribution < -0.4 is 10.9 Å². The summed E-state index contributed by atoms with van der Waals surface area (Å²) in [4.78, 5) is 29.4. The maximum absolute atomic E-state index is 12.8. The summed E-state index contributed by atoms with van der Waals surface area (Å²) in [5.41, 5.74) is 1.46. The van der Waals surface area contributed by atoms with Gasteiger partial charge in [0, 0.05) is 16.1 Å². The molecule has 0 unspecified atom stereocenters. The lowest BCUT2D eigenvalue weighted by Crippen LogP contribution is -2.31. The van der Waals surface area contributed by atoms with Gasteiger partial charge in [0.2, 0.25) is 5.91 Å². The van der Waals surface area contributed by atoms with Crippen molar-refractivity contribution in [3.63, 3.8) is 0 Å². The molecule has 7 nitrogen and oxygen atoms in total. The molecule has 2 aromatic heterocycles. The van der Waals surface area contributed by atoms with Crippen molar-refractivity contribution in [3.8, 4) is 6.07 Å². The third-order valence-corrected chi connectivity index (χ3v) is 4.69. The van der Waals surface area contributed by atoms with E-state index in [-0.39, 0.29) is 29.4 Å². The molecule has 0 aliphatic carbocycles. The first kappa shape index (κ1) is 19.7. The second kappa shape index (κ2) is 7.90. The monoisotopic (exact) mass is 439 g/mol. The minimum absolute atomic E-state index is 0.0654. The maximum atomic E-state index is 12.8. The number of nitrogens with one attached hydrogen (secondary N) is 1. The number of halogens is 1. The van der Waals surface area contributed by atoms with E-state index in [1.165, 1.54) is 0 Å². The Labute approximate surface area is 170 Å². The molecule has 0 radical (unpaired) electrons. The summed E-state index contributed by atoms with van der Waals surface area (Å²) in [7, 11) is 0. The Morgan fingerprint density at radius 1 is 1.32 bits per heavy atom. The highest BCUT2D eigenvalue weighted by molar-refractivity contribution is 9.10. The highest BCUT2D eigenvalue weighted by Crippen LogP contribution is 2.24. The zero-order chi connectivity index (χ0) is 20.4. The molecule has 1 amide bonds. The summed E-state index contributed by atoms with van der Waals surface area (Å²) in [5, 5.41) is 17.5. The van der Waals surface area contributed by atoms with Crippen molar-refractivity contribution >= 4 is 38.4 Å². The molecule has 0 atom stereocenters. The number of rotatable bonds is 4. The van der Waals surface area contributed by atoms with E-state index >= 15 is 0 Å². The number of aromatic nitrogens is 3. The van der Waals surface area contributed by atoms with Crippen molar-refractivity contribution in [3.05, 3.63) is 62.1 Å². The van der Waals surface area contributed by atoms with Crippen molar-refractivity contribution in [2.45, 2.75) is 33.2 Å². The molecule has 0 spiro atoms. The van der Waals surface area contributed by atoms with Gasteiger partial charge in [-0.2, -0.15) is 10.4 Å². The molecule has 0 aliphatic rings. The SMILES string of the molecule is Cc1cnc(NC(=O)Cn2nc(C(C)C)c3cc(Br)ccc3c2=O)c(C#N)c1. The van der Waals surface area contributed by atoms with Crippen LogP contribution in [0.3, 0.4) is 0 Å². The number of aryl methyl sites for hydroxylation is 1. The van der Waals surface area contributed by atoms with Gasteiger partial charge in [0.15, 0.2) is 5.82 Å². The summed E-state index contributed by atoms with van der Waals surface area (Å²) in [6.45, 7) is 5.49. The van der Waals surface area contributed by atoms with Crippen molar-refractivity contribution in [1.82, 2.24) is 14.8 Å². The molecular weight excluding hydrogens is 422 g/mol. The van der Waals surface area contributed by atoms with Gasteiger partial charge in [-0.1, -0.05) is 29.8 Å². The first-order valence-electron chi connectivity index (χ1n) is 8.67. The van der Waals surface area contributed by atoms with E-state index in [0.717, 1.165) is 25.8 Å². The molecular formula is C20H18BrN5O2. The number of nitriles is 1. The van der Waals surface area contributed by atoms with Crippen LogP contribution in [0.4, 0.5) is 5.82 Å². The van der Waals surface area contributed by atoms with Crippen LogP contribution >= 0.6 is 15.9 Å². The molecule has 8 heteroatoms. The number of hydrogen-bond acceptors (Lipinski definition) is 5. The van der Waals surface area contributed by atoms with Gasteiger partial charge in [0.25, 0.3) is 5.56 Å². The van der Waals surface area contributed by atoms with Crippen molar-refractivity contribution in [2.75, 3.05) is 5.32 Å². The molecule has 2 heterocycles. The minimum atomic E-state index is -0.478. The number of nitrogens with zero attached hydrogens (tertiary/aromatic N) is 4. The van der Waals surface area contributed by atoms with Crippen LogP contribution in [0, 0.1) is 18.3 Å². The Morgan fingerprint density at radius 2 is 2.07 bits per heavy atom. The van der Waals surface area contributed by atoms with Crippen molar-refractivity contribution in [2.24, 2.45) is 0 Å². The van der Waals surface area contributed by atoms with Crippen LogP contribution in [0.25, 0.3) is 10.8 Å². The van der Waals surface area contributed by atoms with E-state index in [1.807, 2.05) is 32.9 Å². The lowest BCUT2D eigenvalue weighted by molar-refractivity contribution is -0.117. The van der Waals surface area contributed by atoms with E-state index in [9.17, 15) is 14.9 Å². The Hall–Kier alpha value is -3.05. The third-order valence-electron chi connectivity index (χ3n) is 4.19.